The Bertz CT molecular complexity index is 998. The van der Waals surface area contributed by atoms with Gasteiger partial charge in [-0.3, -0.25) is 19.7 Å². The third-order valence-corrected chi connectivity index (χ3v) is 5.56. The van der Waals surface area contributed by atoms with E-state index >= 15 is 0 Å². The Kier molecular flexibility index (Phi) is 6.81. The molecule has 0 saturated carbocycles. The maximum atomic E-state index is 12.9. The molecule has 1 aliphatic heterocycles. The standard InChI is InChI=1S/C23H25N3O5/c1-3-24(4-2)14-15-25-20(16-10-12-18(13-11-16)26(30)31)19(22(28)23(25)29)21(27)17-8-6-5-7-9-17/h5-13,20,27H,3-4,14-15H2,1-2H3/b21-19-/t20-/m0/s1. The number of hydrogen-bond acceptors (Lipinski definition) is 6. The van der Waals surface area contributed by atoms with E-state index in [9.17, 15) is 24.8 Å². The van der Waals surface area contributed by atoms with Crippen LogP contribution in [0.2, 0.25) is 0 Å². The Labute approximate surface area is 180 Å². The Balaban J connectivity index is 2.09. The third-order valence-electron chi connectivity index (χ3n) is 5.56. The maximum Gasteiger partial charge on any atom is 0.295 e. The van der Waals surface area contributed by atoms with Crippen LogP contribution < -0.4 is 0 Å². The molecule has 0 aliphatic carbocycles. The zero-order valence-corrected chi connectivity index (χ0v) is 17.5. The van der Waals surface area contributed by atoms with Crippen LogP contribution in [-0.2, 0) is 9.59 Å². The van der Waals surface area contributed by atoms with Crippen LogP contribution in [0, 0.1) is 10.1 Å². The number of nitro groups is 1. The van der Waals surface area contributed by atoms with Crippen molar-refractivity contribution in [2.24, 2.45) is 0 Å². The van der Waals surface area contributed by atoms with Crippen molar-refractivity contribution in [2.75, 3.05) is 26.2 Å². The first-order valence-electron chi connectivity index (χ1n) is 10.2. The van der Waals surface area contributed by atoms with Crippen molar-refractivity contribution in [1.29, 1.82) is 0 Å². The van der Waals surface area contributed by atoms with E-state index in [1.807, 2.05) is 13.8 Å². The molecule has 31 heavy (non-hydrogen) atoms. The van der Waals surface area contributed by atoms with Crippen LogP contribution in [-0.4, -0.2) is 57.7 Å². The molecule has 0 bridgehead atoms. The fourth-order valence-corrected chi connectivity index (χ4v) is 3.78. The van der Waals surface area contributed by atoms with Crippen LogP contribution in [0.5, 0.6) is 0 Å². The molecule has 8 heteroatoms. The van der Waals surface area contributed by atoms with Crippen molar-refractivity contribution in [3.63, 3.8) is 0 Å². The molecule has 1 fully saturated rings. The second kappa shape index (κ2) is 9.53. The highest BCUT2D eigenvalue weighted by atomic mass is 16.6. The van der Waals surface area contributed by atoms with Crippen LogP contribution in [0.25, 0.3) is 5.76 Å². The normalized spacial score (nSPS) is 18.0. The van der Waals surface area contributed by atoms with Crippen LogP contribution in [0.15, 0.2) is 60.2 Å². The predicted molar refractivity (Wildman–Crippen MR) is 116 cm³/mol. The van der Waals surface area contributed by atoms with Crippen molar-refractivity contribution in [2.45, 2.75) is 19.9 Å². The number of likely N-dealkylation sites (tertiary alicyclic amines) is 1. The number of hydrogen-bond donors (Lipinski definition) is 1. The van der Waals surface area contributed by atoms with Gasteiger partial charge in [0.15, 0.2) is 0 Å². The van der Waals surface area contributed by atoms with E-state index in [1.54, 1.807) is 30.3 Å². The van der Waals surface area contributed by atoms with Crippen molar-refractivity contribution in [3.05, 3.63) is 81.4 Å². The number of benzene rings is 2. The largest absolute Gasteiger partial charge is 0.507 e. The van der Waals surface area contributed by atoms with E-state index < -0.39 is 22.7 Å². The summed E-state index contributed by atoms with van der Waals surface area (Å²) in [7, 11) is 0. The third kappa shape index (κ3) is 4.49. The van der Waals surface area contributed by atoms with Gasteiger partial charge in [-0.15, -0.1) is 0 Å². The molecule has 1 heterocycles. The van der Waals surface area contributed by atoms with Gasteiger partial charge in [0.1, 0.15) is 5.76 Å². The minimum absolute atomic E-state index is 0.00963. The highest BCUT2D eigenvalue weighted by Crippen LogP contribution is 2.39. The summed E-state index contributed by atoms with van der Waals surface area (Å²) in [4.78, 5) is 39.9. The molecule has 3 rings (SSSR count). The summed E-state index contributed by atoms with van der Waals surface area (Å²) < 4.78 is 0. The molecule has 0 spiro atoms. The number of carbonyl (C=O) groups excluding carboxylic acids is 2. The molecular weight excluding hydrogens is 398 g/mol. The van der Waals surface area contributed by atoms with Crippen LogP contribution >= 0.6 is 0 Å². The number of rotatable bonds is 8. The lowest BCUT2D eigenvalue weighted by molar-refractivity contribution is -0.384. The highest BCUT2D eigenvalue weighted by Gasteiger charge is 2.46. The summed E-state index contributed by atoms with van der Waals surface area (Å²) in [5.74, 6) is -1.70. The first-order valence-corrected chi connectivity index (χ1v) is 10.2. The number of nitro benzene ring substituents is 1. The highest BCUT2D eigenvalue weighted by molar-refractivity contribution is 6.46. The van der Waals surface area contributed by atoms with E-state index in [1.165, 1.54) is 29.2 Å². The lowest BCUT2D eigenvalue weighted by Crippen LogP contribution is -2.38. The molecule has 1 atom stereocenters. The minimum atomic E-state index is -0.823. The molecule has 2 aromatic rings. The van der Waals surface area contributed by atoms with Gasteiger partial charge in [-0.2, -0.15) is 0 Å². The van der Waals surface area contributed by atoms with Gasteiger partial charge >= 0.3 is 0 Å². The second-order valence-corrected chi connectivity index (χ2v) is 7.23. The monoisotopic (exact) mass is 423 g/mol. The fourth-order valence-electron chi connectivity index (χ4n) is 3.78. The van der Waals surface area contributed by atoms with E-state index in [4.69, 9.17) is 0 Å². The van der Waals surface area contributed by atoms with Crippen molar-refractivity contribution in [3.8, 4) is 0 Å². The Morgan fingerprint density at radius 2 is 1.68 bits per heavy atom. The number of amides is 1. The molecule has 0 aromatic heterocycles. The van der Waals surface area contributed by atoms with E-state index in [2.05, 4.69) is 4.90 Å². The Morgan fingerprint density at radius 3 is 2.23 bits per heavy atom. The fraction of sp³-hybridized carbons (Fsp3) is 0.304. The van der Waals surface area contributed by atoms with Crippen LogP contribution in [0.4, 0.5) is 5.69 Å². The van der Waals surface area contributed by atoms with Crippen molar-refractivity contribution < 1.29 is 19.6 Å². The zero-order valence-electron chi connectivity index (χ0n) is 17.5. The number of non-ortho nitro benzene ring substituents is 1. The average Bonchev–Trinajstić information content (AvgIpc) is 3.04. The lowest BCUT2D eigenvalue weighted by atomic mass is 9.95. The SMILES string of the molecule is CCN(CC)CCN1C(=O)C(=O)/C(=C(\O)c2ccccc2)[C@@H]1c1ccc([N+](=O)[O-])cc1. The Morgan fingerprint density at radius 1 is 1.06 bits per heavy atom. The van der Waals surface area contributed by atoms with Gasteiger partial charge in [0.2, 0.25) is 0 Å². The summed E-state index contributed by atoms with van der Waals surface area (Å²) >= 11 is 0. The summed E-state index contributed by atoms with van der Waals surface area (Å²) in [5, 5.41) is 22.0. The summed E-state index contributed by atoms with van der Waals surface area (Å²) in [6.45, 7) is 6.48. The summed E-state index contributed by atoms with van der Waals surface area (Å²) in [6.07, 6.45) is 0. The van der Waals surface area contributed by atoms with Gasteiger partial charge in [0, 0.05) is 30.8 Å². The molecule has 1 amide bonds. The van der Waals surface area contributed by atoms with Crippen molar-refractivity contribution >= 4 is 23.1 Å². The van der Waals surface area contributed by atoms with Gasteiger partial charge in [0.25, 0.3) is 17.4 Å². The predicted octanol–water partition coefficient (Wildman–Crippen LogP) is 3.36. The van der Waals surface area contributed by atoms with E-state index in [-0.39, 0.29) is 17.0 Å². The number of nitrogens with zero attached hydrogens (tertiary/aromatic N) is 3. The molecule has 1 saturated heterocycles. The number of ketones is 1. The average molecular weight is 423 g/mol. The number of carbonyl (C=O) groups is 2. The molecule has 1 aliphatic rings. The van der Waals surface area contributed by atoms with Gasteiger partial charge in [0.05, 0.1) is 16.5 Å². The molecule has 0 radical (unpaired) electrons. The topological polar surface area (TPSA) is 104 Å². The quantitative estimate of drug-likeness (QED) is 0.230. The first kappa shape index (κ1) is 22.2. The lowest BCUT2D eigenvalue weighted by Gasteiger charge is -2.28. The van der Waals surface area contributed by atoms with Crippen molar-refractivity contribution in [1.82, 2.24) is 9.80 Å². The van der Waals surface area contributed by atoms with Gasteiger partial charge in [-0.05, 0) is 30.8 Å². The molecule has 0 unspecified atom stereocenters. The van der Waals surface area contributed by atoms with Gasteiger partial charge < -0.3 is 14.9 Å². The van der Waals surface area contributed by atoms with Gasteiger partial charge in [-0.1, -0.05) is 44.2 Å². The smallest absolute Gasteiger partial charge is 0.295 e. The second-order valence-electron chi connectivity index (χ2n) is 7.23. The molecule has 8 nitrogen and oxygen atoms in total. The van der Waals surface area contributed by atoms with Crippen LogP contribution in [0.1, 0.15) is 31.0 Å². The van der Waals surface area contributed by atoms with E-state index in [0.29, 0.717) is 24.2 Å². The van der Waals surface area contributed by atoms with Crippen LogP contribution in [0.3, 0.4) is 0 Å². The molecule has 162 valence electrons. The molecular formula is C23H25N3O5. The molecule has 1 N–H and O–H groups in total. The van der Waals surface area contributed by atoms with E-state index in [0.717, 1.165) is 13.1 Å². The first-order chi connectivity index (χ1) is 14.9. The maximum absolute atomic E-state index is 12.9. The number of likely N-dealkylation sites (N-methyl/N-ethyl adjacent to an activating group) is 1. The Hall–Kier alpha value is -3.52. The molecule has 2 aromatic carbocycles. The number of aliphatic hydroxyl groups excluding tert-OH is 1. The van der Waals surface area contributed by atoms with Gasteiger partial charge in [-0.25, -0.2) is 0 Å². The summed E-state index contributed by atoms with van der Waals surface area (Å²) in [5.41, 5.74) is 0.856. The zero-order chi connectivity index (χ0) is 22.5. The number of Topliss-reactive ketones (excluding diaryl/α,β-unsaturated/α-hetero) is 1. The minimum Gasteiger partial charge on any atom is -0.507 e. The summed E-state index contributed by atoms with van der Waals surface area (Å²) in [6, 6.07) is 13.5. The number of aliphatic hydroxyl groups is 1.